The molecule has 2 aliphatic carbocycles. The Labute approximate surface area is 171 Å². The molecule has 0 unspecified atom stereocenters. The van der Waals surface area contributed by atoms with Crippen LogP contribution < -0.4 is 21.1 Å². The number of alkyl halides is 5. The molecular weight excluding hydrogens is 409 g/mol. The zero-order valence-corrected chi connectivity index (χ0v) is 16.6. The summed E-state index contributed by atoms with van der Waals surface area (Å²) in [5.74, 6) is -4.01. The molecule has 0 bridgehead atoms. The number of carbonyl (C=O) groups excluding carboxylic acids is 1. The van der Waals surface area contributed by atoms with Crippen LogP contribution in [0.5, 0.6) is 5.75 Å². The van der Waals surface area contributed by atoms with E-state index in [1.807, 2.05) is 0 Å². The van der Waals surface area contributed by atoms with Crippen molar-refractivity contribution in [2.75, 3.05) is 7.11 Å². The van der Waals surface area contributed by atoms with Crippen molar-refractivity contribution in [3.05, 3.63) is 29.8 Å². The van der Waals surface area contributed by atoms with Crippen molar-refractivity contribution >= 4 is 5.91 Å². The number of ether oxygens (including phenoxy) is 1. The minimum atomic E-state index is -4.81. The maximum absolute atomic E-state index is 14.5. The van der Waals surface area contributed by atoms with E-state index in [4.69, 9.17) is 10.5 Å². The van der Waals surface area contributed by atoms with Gasteiger partial charge in [0.1, 0.15) is 11.8 Å². The lowest BCUT2D eigenvalue weighted by Crippen LogP contribution is -2.55. The second kappa shape index (κ2) is 8.30. The van der Waals surface area contributed by atoms with Gasteiger partial charge in [0.05, 0.1) is 18.8 Å². The quantitative estimate of drug-likeness (QED) is 0.387. The van der Waals surface area contributed by atoms with Crippen molar-refractivity contribution in [2.45, 2.75) is 68.4 Å². The Morgan fingerprint density at radius 3 is 2.27 bits per heavy atom. The van der Waals surface area contributed by atoms with Crippen LogP contribution >= 0.6 is 0 Å². The lowest BCUT2D eigenvalue weighted by molar-refractivity contribution is -0.163. The van der Waals surface area contributed by atoms with E-state index in [9.17, 15) is 26.7 Å². The molecule has 0 radical (unpaired) electrons. The van der Waals surface area contributed by atoms with E-state index < -0.39 is 48.6 Å². The van der Waals surface area contributed by atoms with Crippen molar-refractivity contribution in [1.82, 2.24) is 10.6 Å². The molecule has 30 heavy (non-hydrogen) atoms. The average molecular weight is 435 g/mol. The van der Waals surface area contributed by atoms with Crippen LogP contribution in [-0.4, -0.2) is 36.8 Å². The highest BCUT2D eigenvalue weighted by molar-refractivity contribution is 5.83. The van der Waals surface area contributed by atoms with Gasteiger partial charge in [0.2, 0.25) is 11.8 Å². The summed E-state index contributed by atoms with van der Waals surface area (Å²) in [7, 11) is 1.37. The molecule has 0 aliphatic heterocycles. The van der Waals surface area contributed by atoms with E-state index in [1.165, 1.54) is 31.4 Å². The van der Waals surface area contributed by atoms with Gasteiger partial charge in [-0.2, -0.15) is 13.2 Å². The predicted octanol–water partition coefficient (Wildman–Crippen LogP) is 3.65. The fourth-order valence-corrected chi connectivity index (χ4v) is 3.32. The number of amides is 1. The van der Waals surface area contributed by atoms with Crippen molar-refractivity contribution in [2.24, 2.45) is 11.7 Å². The first-order chi connectivity index (χ1) is 13.9. The van der Waals surface area contributed by atoms with Crippen LogP contribution in [0, 0.1) is 5.92 Å². The highest BCUT2D eigenvalue weighted by Crippen LogP contribution is 2.42. The fourth-order valence-electron chi connectivity index (χ4n) is 3.32. The molecule has 5 nitrogen and oxygen atoms in total. The Hall–Kier alpha value is -1.94. The molecule has 0 heterocycles. The van der Waals surface area contributed by atoms with E-state index in [1.54, 1.807) is 0 Å². The Morgan fingerprint density at radius 1 is 1.20 bits per heavy atom. The lowest BCUT2D eigenvalue weighted by Gasteiger charge is -2.30. The third-order valence-electron chi connectivity index (χ3n) is 5.41. The van der Waals surface area contributed by atoms with Gasteiger partial charge < -0.3 is 15.8 Å². The van der Waals surface area contributed by atoms with Gasteiger partial charge in [0.15, 0.2) is 0 Å². The summed E-state index contributed by atoms with van der Waals surface area (Å²) >= 11 is 0. The summed E-state index contributed by atoms with van der Waals surface area (Å²) < 4.78 is 75.2. The Kier molecular flexibility index (Phi) is 6.29. The molecule has 0 saturated heterocycles. The van der Waals surface area contributed by atoms with Gasteiger partial charge in [-0.3, -0.25) is 10.1 Å². The molecule has 0 aromatic heterocycles. The minimum Gasteiger partial charge on any atom is -0.497 e. The normalized spacial score (nSPS) is 20.4. The van der Waals surface area contributed by atoms with Crippen LogP contribution in [0.3, 0.4) is 0 Å². The van der Waals surface area contributed by atoms with Crippen LogP contribution in [0.25, 0.3) is 0 Å². The summed E-state index contributed by atoms with van der Waals surface area (Å²) in [6.07, 6.45) is -4.04. The monoisotopic (exact) mass is 435 g/mol. The van der Waals surface area contributed by atoms with Crippen LogP contribution in [0.2, 0.25) is 0 Å². The maximum Gasteiger partial charge on any atom is 0.407 e. The molecule has 1 aromatic rings. The van der Waals surface area contributed by atoms with Crippen LogP contribution in [-0.2, 0) is 4.79 Å². The summed E-state index contributed by atoms with van der Waals surface area (Å²) in [6.45, 7) is 0. The van der Waals surface area contributed by atoms with Gasteiger partial charge >= 0.3 is 6.18 Å². The number of benzene rings is 1. The molecule has 10 heteroatoms. The zero-order chi connectivity index (χ0) is 22.2. The maximum atomic E-state index is 14.5. The van der Waals surface area contributed by atoms with E-state index in [0.717, 1.165) is 0 Å². The molecule has 168 valence electrons. The third kappa shape index (κ3) is 6.28. The summed E-state index contributed by atoms with van der Waals surface area (Å²) in [4.78, 5) is 12.6. The van der Waals surface area contributed by atoms with E-state index in [-0.39, 0.29) is 11.5 Å². The van der Waals surface area contributed by atoms with Gasteiger partial charge in [-0.05, 0) is 49.3 Å². The fraction of sp³-hybridized carbons (Fsp3) is 0.650. The standard InChI is InChI=1S/C20H26F5N3O2/c1-30-14-6-4-13(5-7-14)16(20(23,24)25)27-15(17(29)28-19(26)8-9-19)11-18(21,22)10-12-2-3-12/h4-7,12,15-16,27H,2-3,8-11,26H2,1H3,(H,28,29)/t15-,16-/m0/s1. The number of hydrogen-bond acceptors (Lipinski definition) is 4. The van der Waals surface area contributed by atoms with Crippen molar-refractivity contribution in [3.63, 3.8) is 0 Å². The first-order valence-electron chi connectivity index (χ1n) is 9.86. The second-order valence-electron chi connectivity index (χ2n) is 8.32. The molecule has 2 atom stereocenters. The largest absolute Gasteiger partial charge is 0.497 e. The van der Waals surface area contributed by atoms with E-state index in [0.29, 0.717) is 31.4 Å². The number of nitrogens with one attached hydrogen (secondary N) is 2. The average Bonchev–Trinajstić information content (AvgIpc) is 3.57. The smallest absolute Gasteiger partial charge is 0.407 e. The molecular formula is C20H26F5N3O2. The van der Waals surface area contributed by atoms with Gasteiger partial charge in [-0.25, -0.2) is 8.78 Å². The number of carbonyl (C=O) groups is 1. The SMILES string of the molecule is COc1ccc([C@H](N[C@@H](CC(F)(F)CC2CC2)C(=O)NC2(N)CC2)C(F)(F)F)cc1. The Morgan fingerprint density at radius 2 is 1.80 bits per heavy atom. The van der Waals surface area contributed by atoms with Crippen LogP contribution in [0.1, 0.15) is 50.1 Å². The molecule has 2 saturated carbocycles. The highest BCUT2D eigenvalue weighted by Gasteiger charge is 2.48. The van der Waals surface area contributed by atoms with Crippen LogP contribution in [0.15, 0.2) is 24.3 Å². The molecule has 1 aromatic carbocycles. The Bertz CT molecular complexity index is 746. The summed E-state index contributed by atoms with van der Waals surface area (Å²) in [5.41, 5.74) is 4.58. The highest BCUT2D eigenvalue weighted by atomic mass is 19.4. The summed E-state index contributed by atoms with van der Waals surface area (Å²) in [5, 5.41) is 4.54. The Balaban J connectivity index is 1.81. The van der Waals surface area contributed by atoms with Gasteiger partial charge in [0.25, 0.3) is 0 Å². The number of hydrogen-bond donors (Lipinski definition) is 3. The predicted molar refractivity (Wildman–Crippen MR) is 99.9 cm³/mol. The number of rotatable bonds is 10. The number of nitrogens with two attached hydrogens (primary N) is 1. The molecule has 2 fully saturated rings. The van der Waals surface area contributed by atoms with Crippen molar-refractivity contribution < 1.29 is 31.5 Å². The van der Waals surface area contributed by atoms with Gasteiger partial charge in [-0.1, -0.05) is 12.1 Å². The van der Waals surface area contributed by atoms with Crippen molar-refractivity contribution in [1.29, 1.82) is 0 Å². The molecule has 3 rings (SSSR count). The van der Waals surface area contributed by atoms with Gasteiger partial charge in [0, 0.05) is 12.8 Å². The molecule has 0 spiro atoms. The zero-order valence-electron chi connectivity index (χ0n) is 16.6. The molecule has 4 N–H and O–H groups in total. The topological polar surface area (TPSA) is 76.4 Å². The van der Waals surface area contributed by atoms with Gasteiger partial charge in [-0.15, -0.1) is 0 Å². The lowest BCUT2D eigenvalue weighted by atomic mass is 9.99. The first kappa shape index (κ1) is 22.7. The van der Waals surface area contributed by atoms with Crippen molar-refractivity contribution in [3.8, 4) is 5.75 Å². The number of methoxy groups -OCH3 is 1. The number of halogens is 5. The molecule has 1 amide bonds. The second-order valence-corrected chi connectivity index (χ2v) is 8.32. The third-order valence-corrected chi connectivity index (χ3v) is 5.41. The van der Waals surface area contributed by atoms with E-state index in [2.05, 4.69) is 10.6 Å². The summed E-state index contributed by atoms with van der Waals surface area (Å²) in [6, 6.07) is 0.994. The van der Waals surface area contributed by atoms with Crippen LogP contribution in [0.4, 0.5) is 22.0 Å². The van der Waals surface area contributed by atoms with E-state index >= 15 is 0 Å². The molecule has 2 aliphatic rings. The minimum absolute atomic E-state index is 0.145. The first-order valence-corrected chi connectivity index (χ1v) is 9.86.